The van der Waals surface area contributed by atoms with E-state index in [9.17, 15) is 10.1 Å². The number of hydrogen-bond acceptors (Lipinski definition) is 5. The van der Waals surface area contributed by atoms with E-state index in [2.05, 4.69) is 11.4 Å². The Morgan fingerprint density at radius 3 is 3.00 bits per heavy atom. The average molecular weight is 290 g/mol. The summed E-state index contributed by atoms with van der Waals surface area (Å²) in [7, 11) is 0. The first-order valence-electron chi connectivity index (χ1n) is 6.77. The number of carbonyl (C=O) groups excluding carboxylic acids is 1. The number of carbonyl (C=O) groups is 1. The number of nitrogens with zero attached hydrogens (tertiary/aromatic N) is 1. The Kier molecular flexibility index (Phi) is 5.45. The molecule has 1 aliphatic carbocycles. The van der Waals surface area contributed by atoms with E-state index in [1.54, 1.807) is 6.92 Å². The summed E-state index contributed by atoms with van der Waals surface area (Å²) in [5.41, 5.74) is 1.73. The van der Waals surface area contributed by atoms with E-state index in [0.29, 0.717) is 18.2 Å². The Morgan fingerprint density at radius 1 is 1.55 bits per heavy atom. The first-order valence-corrected chi connectivity index (χ1v) is 7.76. The summed E-state index contributed by atoms with van der Waals surface area (Å²) in [5.74, 6) is -0.0109. The van der Waals surface area contributed by atoms with Crippen LogP contribution >= 0.6 is 11.8 Å². The number of nitrogens with one attached hydrogen (secondary N) is 1. The molecule has 1 aromatic carbocycles. The van der Waals surface area contributed by atoms with Crippen molar-refractivity contribution in [2.45, 2.75) is 37.2 Å². The first kappa shape index (κ1) is 14.9. The summed E-state index contributed by atoms with van der Waals surface area (Å²) in [5, 5.41) is 12.6. The molecular formula is C15H18N2O2S. The van der Waals surface area contributed by atoms with Crippen molar-refractivity contribution in [3.05, 3.63) is 29.3 Å². The van der Waals surface area contributed by atoms with Gasteiger partial charge in [-0.15, -0.1) is 11.8 Å². The van der Waals surface area contributed by atoms with Gasteiger partial charge in [0.15, 0.2) is 0 Å². The van der Waals surface area contributed by atoms with Crippen LogP contribution in [0.1, 0.15) is 30.9 Å². The van der Waals surface area contributed by atoms with Gasteiger partial charge >= 0.3 is 5.97 Å². The Bertz CT molecular complexity index is 521. The molecule has 0 amide bonds. The number of hydrogen-bond donors (Lipinski definition) is 1. The normalized spacial score (nSPS) is 13.8. The second-order valence-electron chi connectivity index (χ2n) is 4.69. The van der Waals surface area contributed by atoms with Gasteiger partial charge in [-0.2, -0.15) is 5.26 Å². The SMILES string of the molecule is CCOC(=O)CSc1ccc(CNC2CC2)cc1C#N. The zero-order valence-electron chi connectivity index (χ0n) is 11.5. The number of nitriles is 1. The van der Waals surface area contributed by atoms with Gasteiger partial charge in [-0.25, -0.2) is 0 Å². The van der Waals surface area contributed by atoms with E-state index in [4.69, 9.17) is 4.74 Å². The van der Waals surface area contributed by atoms with Crippen LogP contribution in [0.25, 0.3) is 0 Å². The van der Waals surface area contributed by atoms with E-state index in [0.717, 1.165) is 17.0 Å². The maximum absolute atomic E-state index is 11.3. The molecule has 0 atom stereocenters. The van der Waals surface area contributed by atoms with Crippen molar-refractivity contribution in [1.29, 1.82) is 5.26 Å². The molecule has 1 N–H and O–H groups in total. The maximum Gasteiger partial charge on any atom is 0.316 e. The number of thioether (sulfide) groups is 1. The van der Waals surface area contributed by atoms with E-state index in [1.165, 1.54) is 24.6 Å². The zero-order chi connectivity index (χ0) is 14.4. The van der Waals surface area contributed by atoms with Crippen LogP contribution in [-0.4, -0.2) is 24.4 Å². The average Bonchev–Trinajstić information content (AvgIpc) is 3.27. The molecular weight excluding hydrogens is 272 g/mol. The van der Waals surface area contributed by atoms with Crippen molar-refractivity contribution in [2.24, 2.45) is 0 Å². The highest BCUT2D eigenvalue weighted by Crippen LogP contribution is 2.24. The molecule has 1 fully saturated rings. The lowest BCUT2D eigenvalue weighted by atomic mass is 10.1. The van der Waals surface area contributed by atoms with E-state index in [1.807, 2.05) is 18.2 Å². The molecule has 1 aromatic rings. The third kappa shape index (κ3) is 4.55. The minimum atomic E-state index is -0.249. The molecule has 0 bridgehead atoms. The fraction of sp³-hybridized carbons (Fsp3) is 0.467. The molecule has 0 aliphatic heterocycles. The van der Waals surface area contributed by atoms with E-state index < -0.39 is 0 Å². The number of benzene rings is 1. The summed E-state index contributed by atoms with van der Waals surface area (Å²) in [4.78, 5) is 12.2. The minimum Gasteiger partial charge on any atom is -0.465 e. The van der Waals surface area contributed by atoms with Crippen LogP contribution in [0, 0.1) is 11.3 Å². The van der Waals surface area contributed by atoms with Crippen molar-refractivity contribution in [3.8, 4) is 6.07 Å². The molecule has 0 radical (unpaired) electrons. The zero-order valence-corrected chi connectivity index (χ0v) is 12.3. The van der Waals surface area contributed by atoms with Crippen molar-refractivity contribution in [1.82, 2.24) is 5.32 Å². The first-order chi connectivity index (χ1) is 9.72. The Morgan fingerprint density at radius 2 is 2.35 bits per heavy atom. The Balaban J connectivity index is 1.94. The van der Waals surface area contributed by atoms with Crippen molar-refractivity contribution < 1.29 is 9.53 Å². The van der Waals surface area contributed by atoms with Crippen LogP contribution < -0.4 is 5.32 Å². The van der Waals surface area contributed by atoms with Gasteiger partial charge in [-0.05, 0) is 37.5 Å². The van der Waals surface area contributed by atoms with Gasteiger partial charge in [0.05, 0.1) is 17.9 Å². The monoisotopic (exact) mass is 290 g/mol. The van der Waals surface area contributed by atoms with Gasteiger partial charge in [0, 0.05) is 17.5 Å². The van der Waals surface area contributed by atoms with Gasteiger partial charge in [0.1, 0.15) is 6.07 Å². The summed E-state index contributed by atoms with van der Waals surface area (Å²) in [6, 6.07) is 8.65. The topological polar surface area (TPSA) is 62.1 Å². The minimum absolute atomic E-state index is 0.238. The second kappa shape index (κ2) is 7.32. The van der Waals surface area contributed by atoms with Crippen molar-refractivity contribution >= 4 is 17.7 Å². The predicted octanol–water partition coefficient (Wildman–Crippen LogP) is 2.47. The third-order valence-electron chi connectivity index (χ3n) is 2.99. The molecule has 20 heavy (non-hydrogen) atoms. The molecule has 0 unspecified atom stereocenters. The molecule has 106 valence electrons. The molecule has 1 aliphatic rings. The molecule has 0 saturated heterocycles. The van der Waals surface area contributed by atoms with Gasteiger partial charge < -0.3 is 10.1 Å². The predicted molar refractivity (Wildman–Crippen MR) is 78.4 cm³/mol. The number of esters is 1. The van der Waals surface area contributed by atoms with Crippen LogP contribution in [-0.2, 0) is 16.1 Å². The lowest BCUT2D eigenvalue weighted by Gasteiger charge is -2.07. The van der Waals surface area contributed by atoms with Gasteiger partial charge in [-0.1, -0.05) is 6.07 Å². The molecule has 1 saturated carbocycles. The van der Waals surface area contributed by atoms with Crippen LogP contribution in [0.3, 0.4) is 0 Å². The van der Waals surface area contributed by atoms with E-state index in [-0.39, 0.29) is 11.7 Å². The molecule has 5 heteroatoms. The Hall–Kier alpha value is -1.51. The molecule has 0 heterocycles. The molecule has 0 aromatic heterocycles. The van der Waals surface area contributed by atoms with Gasteiger partial charge in [-0.3, -0.25) is 4.79 Å². The van der Waals surface area contributed by atoms with Crippen LogP contribution in [0.5, 0.6) is 0 Å². The highest BCUT2D eigenvalue weighted by atomic mass is 32.2. The summed E-state index contributed by atoms with van der Waals surface area (Å²) >= 11 is 1.35. The van der Waals surface area contributed by atoms with Crippen LogP contribution in [0.2, 0.25) is 0 Å². The fourth-order valence-corrected chi connectivity index (χ4v) is 2.57. The van der Waals surface area contributed by atoms with Crippen LogP contribution in [0.4, 0.5) is 0 Å². The Labute approximate surface area is 123 Å². The molecule has 2 rings (SSSR count). The smallest absolute Gasteiger partial charge is 0.316 e. The van der Waals surface area contributed by atoms with Gasteiger partial charge in [0.2, 0.25) is 0 Å². The number of rotatable bonds is 7. The lowest BCUT2D eigenvalue weighted by Crippen LogP contribution is -2.15. The lowest BCUT2D eigenvalue weighted by molar-refractivity contribution is -0.139. The summed E-state index contributed by atoms with van der Waals surface area (Å²) in [6.45, 7) is 2.96. The molecule has 4 nitrogen and oxygen atoms in total. The van der Waals surface area contributed by atoms with Crippen LogP contribution in [0.15, 0.2) is 23.1 Å². The van der Waals surface area contributed by atoms with E-state index >= 15 is 0 Å². The standard InChI is InChI=1S/C15H18N2O2S/c1-2-19-15(18)10-20-14-6-3-11(7-12(14)8-16)9-17-13-4-5-13/h3,6-7,13,17H,2,4-5,9-10H2,1H3. The highest BCUT2D eigenvalue weighted by molar-refractivity contribution is 8.00. The van der Waals surface area contributed by atoms with Crippen molar-refractivity contribution in [3.63, 3.8) is 0 Å². The summed E-state index contributed by atoms with van der Waals surface area (Å²) < 4.78 is 4.88. The molecule has 0 spiro atoms. The third-order valence-corrected chi connectivity index (χ3v) is 4.03. The maximum atomic E-state index is 11.3. The van der Waals surface area contributed by atoms with Crippen molar-refractivity contribution in [2.75, 3.05) is 12.4 Å². The second-order valence-corrected chi connectivity index (χ2v) is 5.71. The largest absolute Gasteiger partial charge is 0.465 e. The highest BCUT2D eigenvalue weighted by Gasteiger charge is 2.20. The van der Waals surface area contributed by atoms with Gasteiger partial charge in [0.25, 0.3) is 0 Å². The quantitative estimate of drug-likeness (QED) is 0.617. The fourth-order valence-electron chi connectivity index (χ4n) is 1.79. The number of ether oxygens (including phenoxy) is 1. The summed E-state index contributed by atoms with van der Waals surface area (Å²) in [6.07, 6.45) is 2.50.